The molecule has 1 unspecified atom stereocenters. The number of nitrogens with one attached hydrogen (secondary N) is 2. The lowest BCUT2D eigenvalue weighted by atomic mass is 9.69. The Hall–Kier alpha value is -0.650. The maximum Gasteiger partial charge on any atom is 0.161 e. The third kappa shape index (κ3) is 2.71. The Morgan fingerprint density at radius 2 is 1.95 bits per heavy atom. The molecule has 3 rings (SSSR count). The van der Waals surface area contributed by atoms with E-state index in [1.165, 1.54) is 5.56 Å². The quantitative estimate of drug-likeness (QED) is 0.781. The lowest BCUT2D eigenvalue weighted by Gasteiger charge is -2.49. The second kappa shape index (κ2) is 5.52. The van der Waals surface area contributed by atoms with Gasteiger partial charge in [-0.3, -0.25) is 15.5 Å². The van der Waals surface area contributed by atoms with Gasteiger partial charge in [-0.05, 0) is 57.5 Å². The SMILES string of the molecule is CN(C)C1(c2cccc(Cl)c2)CCC2(CC1)CNC(O)N2. The molecular formula is C16H24ClN3O. The van der Waals surface area contributed by atoms with E-state index >= 15 is 0 Å². The summed E-state index contributed by atoms with van der Waals surface area (Å²) in [5, 5.41) is 16.9. The van der Waals surface area contributed by atoms with Gasteiger partial charge in [0.15, 0.2) is 6.35 Å². The molecule has 0 amide bonds. The van der Waals surface area contributed by atoms with E-state index in [9.17, 15) is 5.11 Å². The largest absolute Gasteiger partial charge is 0.365 e. The van der Waals surface area contributed by atoms with Crippen molar-refractivity contribution in [1.29, 1.82) is 0 Å². The second-order valence-electron chi connectivity index (χ2n) is 6.64. The third-order valence-corrected chi connectivity index (χ3v) is 5.56. The van der Waals surface area contributed by atoms with Crippen LogP contribution in [0.4, 0.5) is 0 Å². The van der Waals surface area contributed by atoms with Crippen molar-refractivity contribution >= 4 is 11.6 Å². The topological polar surface area (TPSA) is 47.5 Å². The molecule has 1 spiro atoms. The maximum atomic E-state index is 9.69. The first kappa shape index (κ1) is 15.3. The van der Waals surface area contributed by atoms with Crippen molar-refractivity contribution in [2.75, 3.05) is 20.6 Å². The van der Waals surface area contributed by atoms with E-state index in [-0.39, 0.29) is 11.1 Å². The highest BCUT2D eigenvalue weighted by molar-refractivity contribution is 6.30. The van der Waals surface area contributed by atoms with Gasteiger partial charge in [0.1, 0.15) is 0 Å². The van der Waals surface area contributed by atoms with Crippen LogP contribution in [-0.2, 0) is 5.54 Å². The minimum absolute atomic E-state index is 0.0331. The predicted molar refractivity (Wildman–Crippen MR) is 85.2 cm³/mol. The highest BCUT2D eigenvalue weighted by Crippen LogP contribution is 2.45. The summed E-state index contributed by atoms with van der Waals surface area (Å²) in [6, 6.07) is 8.23. The van der Waals surface area contributed by atoms with Gasteiger partial charge in [0.2, 0.25) is 0 Å². The summed E-state index contributed by atoms with van der Waals surface area (Å²) in [6.07, 6.45) is 3.63. The fraction of sp³-hybridized carbons (Fsp3) is 0.625. The monoisotopic (exact) mass is 309 g/mol. The average Bonchev–Trinajstić information content (AvgIpc) is 2.81. The van der Waals surface area contributed by atoms with Crippen molar-refractivity contribution in [1.82, 2.24) is 15.5 Å². The van der Waals surface area contributed by atoms with E-state index < -0.39 is 6.35 Å². The number of halogens is 1. The molecule has 1 aliphatic heterocycles. The first-order valence-electron chi connectivity index (χ1n) is 7.59. The van der Waals surface area contributed by atoms with Gasteiger partial charge in [-0.25, -0.2) is 0 Å². The van der Waals surface area contributed by atoms with Gasteiger partial charge >= 0.3 is 0 Å². The van der Waals surface area contributed by atoms with Crippen molar-refractivity contribution < 1.29 is 5.11 Å². The molecule has 116 valence electrons. The van der Waals surface area contributed by atoms with E-state index in [4.69, 9.17) is 11.6 Å². The van der Waals surface area contributed by atoms with Crippen LogP contribution in [0.3, 0.4) is 0 Å². The van der Waals surface area contributed by atoms with Crippen LogP contribution in [0.5, 0.6) is 0 Å². The van der Waals surface area contributed by atoms with Crippen molar-refractivity contribution in [3.63, 3.8) is 0 Å². The zero-order chi connectivity index (χ0) is 15.1. The van der Waals surface area contributed by atoms with E-state index in [1.54, 1.807) is 0 Å². The Balaban J connectivity index is 1.85. The number of aliphatic hydroxyl groups excluding tert-OH is 1. The Morgan fingerprint density at radius 3 is 2.48 bits per heavy atom. The number of aliphatic hydroxyl groups is 1. The lowest BCUT2D eigenvalue weighted by Crippen LogP contribution is -2.54. The summed E-state index contributed by atoms with van der Waals surface area (Å²) in [4.78, 5) is 2.32. The van der Waals surface area contributed by atoms with Crippen LogP contribution in [0.25, 0.3) is 0 Å². The van der Waals surface area contributed by atoms with E-state index in [0.29, 0.717) is 0 Å². The smallest absolute Gasteiger partial charge is 0.161 e. The molecule has 4 nitrogen and oxygen atoms in total. The normalized spacial score (nSPS) is 36.5. The van der Waals surface area contributed by atoms with Crippen LogP contribution < -0.4 is 10.6 Å². The van der Waals surface area contributed by atoms with Gasteiger partial charge in [0.05, 0.1) is 0 Å². The molecule has 1 heterocycles. The lowest BCUT2D eigenvalue weighted by molar-refractivity contribution is 0.0503. The van der Waals surface area contributed by atoms with E-state index in [2.05, 4.69) is 41.8 Å². The molecule has 1 aliphatic carbocycles. The molecule has 21 heavy (non-hydrogen) atoms. The summed E-state index contributed by atoms with van der Waals surface area (Å²) < 4.78 is 0. The van der Waals surface area contributed by atoms with E-state index in [1.807, 2.05) is 12.1 Å². The highest BCUT2D eigenvalue weighted by atomic mass is 35.5. The summed E-state index contributed by atoms with van der Waals surface area (Å²) in [7, 11) is 4.29. The van der Waals surface area contributed by atoms with Gasteiger partial charge in [-0.15, -0.1) is 0 Å². The van der Waals surface area contributed by atoms with Gasteiger partial charge in [0.25, 0.3) is 0 Å². The fourth-order valence-corrected chi connectivity index (χ4v) is 4.11. The summed E-state index contributed by atoms with van der Waals surface area (Å²) in [5.41, 5.74) is 1.37. The molecule has 0 aromatic heterocycles. The standard InChI is InChI=1S/C16H24ClN3O/c1-20(2)16(12-4-3-5-13(17)10-12)8-6-15(7-9-16)11-18-14(21)19-15/h3-5,10,14,18-19,21H,6-9,11H2,1-2H3. The van der Waals surface area contributed by atoms with Crippen molar-refractivity contribution in [3.8, 4) is 0 Å². The summed E-state index contributed by atoms with van der Waals surface area (Å²) in [6.45, 7) is 0.840. The first-order valence-corrected chi connectivity index (χ1v) is 7.96. The van der Waals surface area contributed by atoms with Crippen LogP contribution in [0.2, 0.25) is 5.02 Å². The van der Waals surface area contributed by atoms with Crippen LogP contribution in [0.15, 0.2) is 24.3 Å². The number of benzene rings is 1. The summed E-state index contributed by atoms with van der Waals surface area (Å²) >= 11 is 6.20. The average molecular weight is 310 g/mol. The van der Waals surface area contributed by atoms with Crippen LogP contribution in [0.1, 0.15) is 31.2 Å². The predicted octanol–water partition coefficient (Wildman–Crippen LogP) is 1.88. The molecule has 0 bridgehead atoms. The van der Waals surface area contributed by atoms with Gasteiger partial charge < -0.3 is 5.11 Å². The molecule has 1 saturated heterocycles. The second-order valence-corrected chi connectivity index (χ2v) is 7.08. The zero-order valence-electron chi connectivity index (χ0n) is 12.7. The minimum Gasteiger partial charge on any atom is -0.365 e. The minimum atomic E-state index is -0.567. The van der Waals surface area contributed by atoms with Gasteiger partial charge in [0, 0.05) is 22.6 Å². The third-order valence-electron chi connectivity index (χ3n) is 5.33. The molecule has 1 atom stereocenters. The Morgan fingerprint density at radius 1 is 1.24 bits per heavy atom. The molecule has 0 radical (unpaired) electrons. The fourth-order valence-electron chi connectivity index (χ4n) is 3.92. The van der Waals surface area contributed by atoms with Crippen molar-refractivity contribution in [3.05, 3.63) is 34.9 Å². The Bertz CT molecular complexity index is 512. The Labute approximate surface area is 131 Å². The maximum absolute atomic E-state index is 9.69. The number of hydrogen-bond acceptors (Lipinski definition) is 4. The summed E-state index contributed by atoms with van der Waals surface area (Å²) in [5.74, 6) is 0. The molecule has 3 N–H and O–H groups in total. The number of rotatable bonds is 2. The molecule has 1 aromatic carbocycles. The van der Waals surface area contributed by atoms with Gasteiger partial charge in [-0.1, -0.05) is 23.7 Å². The first-order chi connectivity index (χ1) is 9.96. The van der Waals surface area contributed by atoms with Crippen LogP contribution in [-0.4, -0.2) is 42.5 Å². The molecule has 5 heteroatoms. The van der Waals surface area contributed by atoms with Crippen LogP contribution >= 0.6 is 11.6 Å². The van der Waals surface area contributed by atoms with E-state index in [0.717, 1.165) is 37.3 Å². The number of nitrogens with zero attached hydrogens (tertiary/aromatic N) is 1. The Kier molecular flexibility index (Phi) is 4.01. The zero-order valence-corrected chi connectivity index (χ0v) is 13.5. The molecule has 1 aromatic rings. The molecular weight excluding hydrogens is 286 g/mol. The van der Waals surface area contributed by atoms with Crippen molar-refractivity contribution in [2.45, 2.75) is 43.1 Å². The van der Waals surface area contributed by atoms with Crippen LogP contribution in [0, 0.1) is 0 Å². The highest BCUT2D eigenvalue weighted by Gasteiger charge is 2.47. The molecule has 2 fully saturated rings. The van der Waals surface area contributed by atoms with Gasteiger partial charge in [-0.2, -0.15) is 0 Å². The molecule has 1 saturated carbocycles. The van der Waals surface area contributed by atoms with Crippen molar-refractivity contribution in [2.24, 2.45) is 0 Å². The number of hydrogen-bond donors (Lipinski definition) is 3. The molecule has 2 aliphatic rings.